The summed E-state index contributed by atoms with van der Waals surface area (Å²) in [5.74, 6) is -0.911. The first-order valence-electron chi connectivity index (χ1n) is 33.1. The molecule has 0 amide bonds. The van der Waals surface area contributed by atoms with Gasteiger partial charge in [0.2, 0.25) is 0 Å². The number of ether oxygens (including phenoxy) is 3. The van der Waals surface area contributed by atoms with Crippen LogP contribution >= 0.6 is 0 Å². The zero-order chi connectivity index (χ0) is 55.7. The summed E-state index contributed by atoms with van der Waals surface area (Å²) in [6.45, 7) is 6.59. The van der Waals surface area contributed by atoms with E-state index in [4.69, 9.17) is 14.2 Å². The Balaban J connectivity index is 4.42. The fraction of sp³-hybridized carbons (Fsp3) is 0.761. The number of unbranched alkanes of at least 4 members (excludes halogenated alkanes) is 35. The van der Waals surface area contributed by atoms with Crippen LogP contribution in [0.5, 0.6) is 0 Å². The Hall–Kier alpha value is -3.41. The van der Waals surface area contributed by atoms with Crippen LogP contribution in [0.1, 0.15) is 329 Å². The third kappa shape index (κ3) is 63.3. The van der Waals surface area contributed by atoms with Gasteiger partial charge in [-0.05, 0) is 122 Å². The van der Waals surface area contributed by atoms with Gasteiger partial charge in [-0.2, -0.15) is 0 Å². The van der Waals surface area contributed by atoms with Gasteiger partial charge in [-0.15, -0.1) is 0 Å². The Labute approximate surface area is 477 Å². The van der Waals surface area contributed by atoms with Crippen molar-refractivity contribution in [1.82, 2.24) is 0 Å². The van der Waals surface area contributed by atoms with Crippen molar-refractivity contribution in [3.63, 3.8) is 0 Å². The molecule has 77 heavy (non-hydrogen) atoms. The minimum absolute atomic E-state index is 0.0876. The first-order chi connectivity index (χ1) is 38.0. The predicted octanol–water partition coefficient (Wildman–Crippen LogP) is 22.7. The molecule has 0 heterocycles. The van der Waals surface area contributed by atoms with Crippen LogP contribution in [-0.2, 0) is 28.6 Å². The van der Waals surface area contributed by atoms with Crippen molar-refractivity contribution in [3.8, 4) is 0 Å². The second-order valence-electron chi connectivity index (χ2n) is 22.0. The maximum atomic E-state index is 12.9. The van der Waals surface area contributed by atoms with Crippen LogP contribution < -0.4 is 0 Å². The highest BCUT2D eigenvalue weighted by Crippen LogP contribution is 2.16. The third-order valence-corrected chi connectivity index (χ3v) is 14.3. The van der Waals surface area contributed by atoms with Gasteiger partial charge < -0.3 is 14.2 Å². The van der Waals surface area contributed by atoms with Gasteiger partial charge in [-0.25, -0.2) is 0 Å². The summed E-state index contributed by atoms with van der Waals surface area (Å²) >= 11 is 0. The van der Waals surface area contributed by atoms with Crippen LogP contribution in [0.4, 0.5) is 0 Å². The smallest absolute Gasteiger partial charge is 0.306 e. The Morgan fingerprint density at radius 1 is 0.260 bits per heavy atom. The molecule has 0 fully saturated rings. The minimum atomic E-state index is -0.794. The van der Waals surface area contributed by atoms with Gasteiger partial charge in [0.25, 0.3) is 0 Å². The molecular weight excluding hydrogens is 949 g/mol. The number of allylic oxidation sites excluding steroid dienone is 14. The van der Waals surface area contributed by atoms with Crippen molar-refractivity contribution < 1.29 is 28.6 Å². The molecular formula is C71H124O6. The van der Waals surface area contributed by atoms with Crippen molar-refractivity contribution in [2.24, 2.45) is 0 Å². The molecule has 0 aromatic heterocycles. The fourth-order valence-corrected chi connectivity index (χ4v) is 9.33. The minimum Gasteiger partial charge on any atom is -0.462 e. The molecule has 6 heteroatoms. The normalized spacial score (nSPS) is 12.6. The lowest BCUT2D eigenvalue weighted by molar-refractivity contribution is -0.167. The molecule has 0 saturated heterocycles. The summed E-state index contributed by atoms with van der Waals surface area (Å²) in [7, 11) is 0. The van der Waals surface area contributed by atoms with Gasteiger partial charge in [0.1, 0.15) is 13.2 Å². The van der Waals surface area contributed by atoms with E-state index in [-0.39, 0.29) is 31.1 Å². The van der Waals surface area contributed by atoms with Crippen molar-refractivity contribution in [3.05, 3.63) is 85.1 Å². The molecule has 0 aromatic rings. The zero-order valence-electron chi connectivity index (χ0n) is 51.0. The molecule has 0 unspecified atom stereocenters. The lowest BCUT2D eigenvalue weighted by Gasteiger charge is -2.18. The van der Waals surface area contributed by atoms with E-state index in [2.05, 4.69) is 106 Å². The molecule has 6 nitrogen and oxygen atoms in total. The van der Waals surface area contributed by atoms with E-state index in [1.54, 1.807) is 0 Å². The second kappa shape index (κ2) is 65.1. The molecule has 0 N–H and O–H groups in total. The number of hydrogen-bond acceptors (Lipinski definition) is 6. The molecule has 0 aliphatic rings. The quantitative estimate of drug-likeness (QED) is 0.0261. The highest BCUT2D eigenvalue weighted by molar-refractivity contribution is 5.71. The molecule has 0 radical (unpaired) electrons. The number of esters is 3. The van der Waals surface area contributed by atoms with Gasteiger partial charge in [0.15, 0.2) is 6.10 Å². The van der Waals surface area contributed by atoms with Crippen molar-refractivity contribution in [2.75, 3.05) is 13.2 Å². The zero-order valence-corrected chi connectivity index (χ0v) is 51.0. The number of rotatable bonds is 60. The monoisotopic (exact) mass is 1070 g/mol. The summed E-state index contributed by atoms with van der Waals surface area (Å²) in [6, 6.07) is 0. The van der Waals surface area contributed by atoms with Crippen molar-refractivity contribution in [2.45, 2.75) is 335 Å². The molecule has 0 aliphatic heterocycles. The molecule has 0 spiro atoms. The molecule has 0 aromatic carbocycles. The summed E-state index contributed by atoms with van der Waals surface area (Å²) in [4.78, 5) is 38.4. The van der Waals surface area contributed by atoms with Crippen LogP contribution in [0.3, 0.4) is 0 Å². The van der Waals surface area contributed by atoms with Gasteiger partial charge in [0, 0.05) is 19.3 Å². The first kappa shape index (κ1) is 73.6. The van der Waals surface area contributed by atoms with Gasteiger partial charge in [-0.3, -0.25) is 14.4 Å². The highest BCUT2D eigenvalue weighted by Gasteiger charge is 2.19. The van der Waals surface area contributed by atoms with Gasteiger partial charge in [-0.1, -0.05) is 273 Å². The van der Waals surface area contributed by atoms with Crippen molar-refractivity contribution in [1.29, 1.82) is 0 Å². The Morgan fingerprint density at radius 3 is 0.779 bits per heavy atom. The van der Waals surface area contributed by atoms with E-state index in [0.717, 1.165) is 89.9 Å². The summed E-state index contributed by atoms with van der Waals surface area (Å²) < 4.78 is 16.9. The van der Waals surface area contributed by atoms with Gasteiger partial charge >= 0.3 is 17.9 Å². The van der Waals surface area contributed by atoms with Crippen LogP contribution in [0, 0.1) is 0 Å². The lowest BCUT2D eigenvalue weighted by atomic mass is 10.0. The topological polar surface area (TPSA) is 78.9 Å². The Bertz CT molecular complexity index is 1470. The second-order valence-corrected chi connectivity index (χ2v) is 22.0. The maximum absolute atomic E-state index is 12.9. The summed E-state index contributed by atoms with van der Waals surface area (Å²) in [5, 5.41) is 0. The number of carbonyl (C=O) groups is 3. The van der Waals surface area contributed by atoms with E-state index in [0.29, 0.717) is 19.3 Å². The molecule has 0 rings (SSSR count). The Morgan fingerprint density at radius 2 is 0.468 bits per heavy atom. The van der Waals surface area contributed by atoms with Crippen LogP contribution in [0.25, 0.3) is 0 Å². The van der Waals surface area contributed by atoms with Crippen molar-refractivity contribution >= 4 is 17.9 Å². The highest BCUT2D eigenvalue weighted by atomic mass is 16.6. The molecule has 0 bridgehead atoms. The fourth-order valence-electron chi connectivity index (χ4n) is 9.33. The standard InChI is InChI=1S/C71H124O6/c1-4-7-10-13-16-19-22-25-28-31-34-35-38-40-43-46-49-52-55-58-61-64-70(73)76-67-68(77-71(74)65-62-59-56-53-50-47-44-41-37-33-30-27-24-21-18-15-12-9-6-3)66-75-69(72)63-60-57-54-51-48-45-42-39-36-32-29-26-23-20-17-14-11-8-5-2/h17-18,20-21,25-30,36,39,45,48,68H,4-16,19,22-24,31-35,37-38,40-44,46-47,49-67H2,1-3H3/b20-17-,21-18-,28-25-,29-26-,30-27-,39-36-,48-45-/t68-/m1/s1. The number of hydrogen-bond donors (Lipinski definition) is 0. The van der Waals surface area contributed by atoms with E-state index < -0.39 is 6.10 Å². The molecule has 0 saturated carbocycles. The lowest BCUT2D eigenvalue weighted by Crippen LogP contribution is -2.30. The van der Waals surface area contributed by atoms with Gasteiger partial charge in [0.05, 0.1) is 0 Å². The molecule has 444 valence electrons. The summed E-state index contributed by atoms with van der Waals surface area (Å²) in [6.07, 6.45) is 85.8. The number of carbonyl (C=O) groups excluding carboxylic acids is 3. The van der Waals surface area contributed by atoms with Crippen LogP contribution in [0.15, 0.2) is 85.1 Å². The van der Waals surface area contributed by atoms with Crippen LogP contribution in [-0.4, -0.2) is 37.2 Å². The SMILES string of the molecule is CCCCC/C=C\C/C=C\C/C=C\C/C=C\CCCCCC(=O)OC[C@H](COC(=O)CCCCCCCCCCCCC/C=C\CCCCCCCC)OC(=O)CCCCCCCCCCC/C=C\C/C=C\CCCCC. The predicted molar refractivity (Wildman–Crippen MR) is 334 cm³/mol. The first-order valence-corrected chi connectivity index (χ1v) is 33.1. The van der Waals surface area contributed by atoms with E-state index in [9.17, 15) is 14.4 Å². The largest absolute Gasteiger partial charge is 0.462 e. The molecule has 1 atom stereocenters. The van der Waals surface area contributed by atoms with E-state index in [1.807, 2.05) is 0 Å². The molecule has 0 aliphatic carbocycles. The van der Waals surface area contributed by atoms with E-state index >= 15 is 0 Å². The summed E-state index contributed by atoms with van der Waals surface area (Å²) in [5.41, 5.74) is 0. The third-order valence-electron chi connectivity index (χ3n) is 14.3. The Kier molecular flexibility index (Phi) is 62.2. The van der Waals surface area contributed by atoms with E-state index in [1.165, 1.54) is 199 Å². The van der Waals surface area contributed by atoms with Crippen LogP contribution in [0.2, 0.25) is 0 Å². The average molecular weight is 1070 g/mol. The maximum Gasteiger partial charge on any atom is 0.306 e. The average Bonchev–Trinajstić information content (AvgIpc) is 3.43.